The Bertz CT molecular complexity index is 453. The van der Waals surface area contributed by atoms with Gasteiger partial charge < -0.3 is 9.47 Å². The molecule has 0 saturated carbocycles. The van der Waals surface area contributed by atoms with E-state index in [4.69, 9.17) is 9.47 Å². The molecule has 0 saturated heterocycles. The van der Waals surface area contributed by atoms with E-state index in [0.29, 0.717) is 46.1 Å². The van der Waals surface area contributed by atoms with E-state index in [1.165, 1.54) is 0 Å². The largest absolute Gasteiger partial charge is 0.462 e. The van der Waals surface area contributed by atoms with Crippen molar-refractivity contribution in [1.29, 1.82) is 0 Å². The van der Waals surface area contributed by atoms with E-state index in [-0.39, 0.29) is 0 Å². The van der Waals surface area contributed by atoms with Gasteiger partial charge in [-0.25, -0.2) is 9.59 Å². The summed E-state index contributed by atoms with van der Waals surface area (Å²) in [6.45, 7) is 0.643. The maximum atomic E-state index is 11.8. The fourth-order valence-electron chi connectivity index (χ4n) is 1.55. The van der Waals surface area contributed by atoms with Gasteiger partial charge in [-0.05, 0) is 56.8 Å². The summed E-state index contributed by atoms with van der Waals surface area (Å²) in [7, 11) is 0. The van der Waals surface area contributed by atoms with Gasteiger partial charge >= 0.3 is 11.9 Å². The molecule has 3 rings (SSSR count). The average Bonchev–Trinajstić information content (AvgIpc) is 2.34. The molecule has 0 atom stereocenters. The van der Waals surface area contributed by atoms with Crippen molar-refractivity contribution in [3.05, 3.63) is 32.2 Å². The summed E-state index contributed by atoms with van der Waals surface area (Å²) in [4.78, 5) is 23.6. The Kier molecular flexibility index (Phi) is 4.40. The molecule has 0 radical (unpaired) electrons. The van der Waals surface area contributed by atoms with Crippen molar-refractivity contribution >= 4 is 43.8 Å². The summed E-state index contributed by atoms with van der Waals surface area (Å²) < 4.78 is 11.3. The Hall–Kier alpha value is -0.880. The quantitative estimate of drug-likeness (QED) is 0.651. The van der Waals surface area contributed by atoms with E-state index in [2.05, 4.69) is 31.9 Å². The van der Waals surface area contributed by atoms with E-state index >= 15 is 0 Å². The summed E-state index contributed by atoms with van der Waals surface area (Å²) in [5, 5.41) is 0. The normalized spacial score (nSPS) is 16.6. The number of benzene rings is 1. The second-order valence-corrected chi connectivity index (χ2v) is 5.50. The number of carbonyl (C=O) groups is 2. The summed E-state index contributed by atoms with van der Waals surface area (Å²) in [6, 6.07) is 3.12. The second kappa shape index (κ2) is 5.84. The van der Waals surface area contributed by atoms with E-state index < -0.39 is 11.9 Å². The minimum absolute atomic E-state index is 0.322. The highest BCUT2D eigenvalue weighted by Gasteiger charge is 2.19. The van der Waals surface area contributed by atoms with Crippen LogP contribution in [0.1, 0.15) is 33.6 Å². The predicted octanol–water partition coefficient (Wildman–Crippen LogP) is 3.32. The Labute approximate surface area is 121 Å². The molecular formula is C12H10Br2O4. The number of halogens is 2. The third-order valence-electron chi connectivity index (χ3n) is 2.50. The van der Waals surface area contributed by atoms with E-state index in [1.54, 1.807) is 12.1 Å². The smallest absolute Gasteiger partial charge is 0.339 e. The lowest BCUT2D eigenvalue weighted by molar-refractivity contribution is 0.0425. The van der Waals surface area contributed by atoms with Crippen LogP contribution in [0.5, 0.6) is 0 Å². The molecule has 1 aromatic carbocycles. The number of hydrogen-bond acceptors (Lipinski definition) is 4. The van der Waals surface area contributed by atoms with Crippen molar-refractivity contribution in [2.45, 2.75) is 12.8 Å². The first-order valence-corrected chi connectivity index (χ1v) is 7.01. The van der Waals surface area contributed by atoms with Gasteiger partial charge in [-0.15, -0.1) is 0 Å². The van der Waals surface area contributed by atoms with E-state index in [0.717, 1.165) is 0 Å². The molecule has 0 N–H and O–H groups in total. The van der Waals surface area contributed by atoms with Crippen molar-refractivity contribution in [3.8, 4) is 0 Å². The zero-order chi connectivity index (χ0) is 13.1. The van der Waals surface area contributed by atoms with Gasteiger partial charge in [0.2, 0.25) is 0 Å². The lowest BCUT2D eigenvalue weighted by Crippen LogP contribution is -2.13. The van der Waals surface area contributed by atoms with Crippen LogP contribution in [0.25, 0.3) is 0 Å². The maximum Gasteiger partial charge on any atom is 0.339 e. The van der Waals surface area contributed by atoms with Crippen molar-refractivity contribution in [2.24, 2.45) is 0 Å². The molecule has 6 heteroatoms. The molecule has 2 aliphatic heterocycles. The first-order chi connectivity index (χ1) is 8.59. The number of esters is 2. The first-order valence-electron chi connectivity index (χ1n) is 5.43. The van der Waals surface area contributed by atoms with Crippen molar-refractivity contribution in [3.63, 3.8) is 0 Å². The monoisotopic (exact) mass is 376 g/mol. The van der Waals surface area contributed by atoms with Gasteiger partial charge in [-0.3, -0.25) is 0 Å². The maximum absolute atomic E-state index is 11.8. The number of ether oxygens (including phenoxy) is 2. The Morgan fingerprint density at radius 1 is 0.833 bits per heavy atom. The molecule has 0 amide bonds. The van der Waals surface area contributed by atoms with Crippen LogP contribution in [-0.4, -0.2) is 25.2 Å². The molecule has 4 nitrogen and oxygen atoms in total. The Morgan fingerprint density at radius 3 is 1.61 bits per heavy atom. The molecule has 0 fully saturated rings. The van der Waals surface area contributed by atoms with Crippen LogP contribution in [0.2, 0.25) is 0 Å². The van der Waals surface area contributed by atoms with Crippen molar-refractivity contribution in [2.75, 3.05) is 13.2 Å². The number of hydrogen-bond donors (Lipinski definition) is 0. The third kappa shape index (κ3) is 2.92. The summed E-state index contributed by atoms with van der Waals surface area (Å²) in [5.41, 5.74) is 0.776. The highest BCUT2D eigenvalue weighted by atomic mass is 79.9. The van der Waals surface area contributed by atoms with Gasteiger partial charge in [-0.1, -0.05) is 0 Å². The molecule has 2 aliphatic rings. The van der Waals surface area contributed by atoms with Gasteiger partial charge in [0.15, 0.2) is 0 Å². The van der Waals surface area contributed by atoms with Gasteiger partial charge in [0.05, 0.1) is 24.3 Å². The molecule has 18 heavy (non-hydrogen) atoms. The second-order valence-electron chi connectivity index (χ2n) is 3.79. The summed E-state index contributed by atoms with van der Waals surface area (Å²) >= 11 is 6.52. The van der Waals surface area contributed by atoms with Gasteiger partial charge in [0.1, 0.15) is 0 Å². The molecule has 96 valence electrons. The van der Waals surface area contributed by atoms with Gasteiger partial charge in [0, 0.05) is 8.95 Å². The number of fused-ring (bicyclic) bond motifs is 9. The fourth-order valence-corrected chi connectivity index (χ4v) is 2.56. The summed E-state index contributed by atoms with van der Waals surface area (Å²) in [5.74, 6) is -0.800. The topological polar surface area (TPSA) is 52.6 Å². The highest BCUT2D eigenvalue weighted by molar-refractivity contribution is 9.11. The molecule has 0 aromatic heterocycles. The van der Waals surface area contributed by atoms with Crippen LogP contribution < -0.4 is 0 Å². The van der Waals surface area contributed by atoms with Crippen LogP contribution in [0.15, 0.2) is 21.1 Å². The Morgan fingerprint density at radius 2 is 1.22 bits per heavy atom. The first kappa shape index (κ1) is 13.5. The minimum atomic E-state index is -0.400. The van der Waals surface area contributed by atoms with Crippen LogP contribution >= 0.6 is 31.9 Å². The Balaban J connectivity index is 2.45. The zero-order valence-corrected chi connectivity index (χ0v) is 12.5. The van der Waals surface area contributed by atoms with E-state index in [9.17, 15) is 9.59 Å². The molecular weight excluding hydrogens is 368 g/mol. The number of rotatable bonds is 0. The standard InChI is InChI=1S/C12H10Br2O4/c13-9-6-8-10(14)5-7(9)11(15)17-3-1-2-4-18-12(8)16/h5-6H,1-4H2. The molecule has 1 aromatic rings. The zero-order valence-electron chi connectivity index (χ0n) is 9.37. The van der Waals surface area contributed by atoms with Crippen LogP contribution in [-0.2, 0) is 9.47 Å². The minimum Gasteiger partial charge on any atom is -0.462 e. The SMILES string of the molecule is O=C1OCCCCOC(=O)c2cc(Br)c1cc2Br. The lowest BCUT2D eigenvalue weighted by Gasteiger charge is -2.12. The molecule has 0 spiro atoms. The summed E-state index contributed by atoms with van der Waals surface area (Å²) in [6.07, 6.45) is 1.35. The van der Waals surface area contributed by atoms with Crippen LogP contribution in [0.3, 0.4) is 0 Å². The highest BCUT2D eigenvalue weighted by Crippen LogP contribution is 2.27. The molecule has 0 aliphatic carbocycles. The number of carbonyl (C=O) groups excluding carboxylic acids is 2. The predicted molar refractivity (Wildman–Crippen MR) is 71.6 cm³/mol. The van der Waals surface area contributed by atoms with E-state index in [1.807, 2.05) is 0 Å². The fraction of sp³-hybridized carbons (Fsp3) is 0.333. The lowest BCUT2D eigenvalue weighted by atomic mass is 10.1. The van der Waals surface area contributed by atoms with Crippen molar-refractivity contribution in [1.82, 2.24) is 0 Å². The molecule has 0 unspecified atom stereocenters. The van der Waals surface area contributed by atoms with Crippen molar-refractivity contribution < 1.29 is 19.1 Å². The molecule has 2 bridgehead atoms. The average molecular weight is 378 g/mol. The third-order valence-corrected chi connectivity index (χ3v) is 3.81. The van der Waals surface area contributed by atoms with Crippen LogP contribution in [0.4, 0.5) is 0 Å². The van der Waals surface area contributed by atoms with Gasteiger partial charge in [0.25, 0.3) is 0 Å². The van der Waals surface area contributed by atoms with Gasteiger partial charge in [-0.2, -0.15) is 0 Å². The molecule has 2 heterocycles. The van der Waals surface area contributed by atoms with Crippen LogP contribution in [0, 0.1) is 0 Å².